The number of hydrazine groups is 1. The molecule has 13 aromatic rings. The van der Waals surface area contributed by atoms with E-state index >= 15 is 0 Å². The van der Waals surface area contributed by atoms with Crippen molar-refractivity contribution in [2.45, 2.75) is 87.0 Å². The molecule has 13 N–H and O–H groups in total. The van der Waals surface area contributed by atoms with E-state index in [0.29, 0.717) is 95.7 Å². The monoisotopic (exact) mass is 2010 g/mol. The van der Waals surface area contributed by atoms with Gasteiger partial charge in [-0.05, 0) is 262 Å². The number of nitrogens with two attached hydrogens (primary N) is 3. The molecule has 0 radical (unpaired) electrons. The van der Waals surface area contributed by atoms with Crippen molar-refractivity contribution in [3.8, 4) is 0 Å². The maximum Gasteiger partial charge on any atom is 0.416 e. The van der Waals surface area contributed by atoms with Crippen LogP contribution in [0.5, 0.6) is 0 Å². The van der Waals surface area contributed by atoms with Gasteiger partial charge in [0.15, 0.2) is 17.3 Å². The number of nitrogens with zero attached hydrogens (tertiary/aromatic N) is 11. The summed E-state index contributed by atoms with van der Waals surface area (Å²) in [5.74, 6) is 2.44. The number of fused-ring (bicyclic) bond motifs is 1. The second-order valence-corrected chi connectivity index (χ2v) is 31.0. The number of alkyl halides is 12. The van der Waals surface area contributed by atoms with Crippen LogP contribution in [0.4, 0.5) is 110 Å². The first-order valence-electron chi connectivity index (χ1n) is 38.7. The van der Waals surface area contributed by atoms with Crippen molar-refractivity contribution in [2.24, 2.45) is 18.6 Å². The third kappa shape index (κ3) is 28.8. The fourth-order valence-corrected chi connectivity index (χ4v) is 13.2. The fourth-order valence-electron chi connectivity index (χ4n) is 12.0. The van der Waals surface area contributed by atoms with Crippen molar-refractivity contribution in [1.82, 2.24) is 49.7 Å². The fraction of sp³-hybridized carbons (Fsp3) is 0.182. The van der Waals surface area contributed by atoms with E-state index in [1.165, 1.54) is 62.0 Å². The summed E-state index contributed by atoms with van der Waals surface area (Å²) in [5, 5.41) is 24.4. The van der Waals surface area contributed by atoms with Gasteiger partial charge in [-0.15, -0.1) is 0 Å². The van der Waals surface area contributed by atoms with E-state index in [-0.39, 0.29) is 76.2 Å². The molecule has 0 fully saturated rings. The van der Waals surface area contributed by atoms with Crippen molar-refractivity contribution in [3.05, 3.63) is 308 Å². The standard InChI is InChI=1S/C22H20ClF3N6O2.C22H18ClF3N6O.C21H15Cl2F3N4O2.C16H15F3N2O.C5HCl3N2O.C2H7N/c1-11-7-8-16(29-19(33)13-5-4-6-14(9-13)22(24,25)26)12(2)17(11)30-20(34)15-10-28-21(23)31-18(15)32(3)27;1-11-7-8-16(28-20(33)13-5-4-6-14(9-13)22(24,25)26)12(2)17(11)29-18-15-10-27-21(23)30-19(15)32(3)31-18;1-10-6-7-15(28-18(31)12-4-3-5-13(8-12)21(24,25)26)11(2)16(10)29-19(32)14-9-27-20(23)30-17(14)22;1-9-6-7-13(10(2)14(9)20)21-15(22)11-4-3-5-12(8-11)16(17,18)19;6-3-2(4(7)11)1-9-5(8)10-3;1-2-3/h4-10H,27H2,1-3H3,(H,29,33)(H,30,34);4-10H,1-3H3,(H,28,33)(H,29,31);3-9H,1-2H3,(H,28,31)(H,29,32);3-8H,20H2,1-2H3,(H,21,22);1H;2-3H2,1H3. The number of aromatic nitrogens is 10. The summed E-state index contributed by atoms with van der Waals surface area (Å²) in [5.41, 5.74) is 16.3. The van der Waals surface area contributed by atoms with E-state index in [1.807, 2.05) is 20.8 Å². The molecule has 0 unspecified atom stereocenters. The molecule has 0 aliphatic heterocycles. The average Bonchev–Trinajstić information content (AvgIpc) is 1.66. The van der Waals surface area contributed by atoms with Crippen molar-refractivity contribution in [2.75, 3.05) is 61.6 Å². The number of hydrogen-bond acceptors (Lipinski definition) is 21. The van der Waals surface area contributed by atoms with Crippen molar-refractivity contribution in [3.63, 3.8) is 0 Å². The van der Waals surface area contributed by atoms with Crippen LogP contribution in [-0.2, 0) is 31.8 Å². The first kappa shape index (κ1) is 107. The summed E-state index contributed by atoms with van der Waals surface area (Å²) in [4.78, 5) is 116. The molecule has 0 saturated carbocycles. The second kappa shape index (κ2) is 46.0. The van der Waals surface area contributed by atoms with Crippen LogP contribution in [0.3, 0.4) is 0 Å². The number of carbonyl (C=O) groups is 7. The lowest BCUT2D eigenvalue weighted by Crippen LogP contribution is -2.29. The van der Waals surface area contributed by atoms with Gasteiger partial charge in [0.05, 0.1) is 38.8 Å². The van der Waals surface area contributed by atoms with Gasteiger partial charge >= 0.3 is 24.7 Å². The third-order valence-electron chi connectivity index (χ3n) is 19.0. The second-order valence-electron chi connectivity index (χ2n) is 28.6. The zero-order valence-corrected chi connectivity index (χ0v) is 77.4. The zero-order valence-electron chi connectivity index (χ0n) is 72.1. The van der Waals surface area contributed by atoms with Gasteiger partial charge in [0.1, 0.15) is 15.9 Å². The van der Waals surface area contributed by atoms with Gasteiger partial charge < -0.3 is 48.7 Å². The molecule has 13 rings (SSSR count). The van der Waals surface area contributed by atoms with Gasteiger partial charge in [-0.2, -0.15) is 67.8 Å². The Hall–Kier alpha value is -13.5. The van der Waals surface area contributed by atoms with E-state index in [4.69, 9.17) is 98.5 Å². The van der Waals surface area contributed by atoms with Crippen molar-refractivity contribution < 1.29 is 86.2 Å². The zero-order chi connectivity index (χ0) is 100. The molecule has 0 bridgehead atoms. The Bertz CT molecular complexity index is 6650. The Labute approximate surface area is 795 Å². The van der Waals surface area contributed by atoms with Gasteiger partial charge in [0, 0.05) is 107 Å². The van der Waals surface area contributed by atoms with E-state index in [1.54, 1.807) is 108 Å². The maximum absolute atomic E-state index is 13.0. The third-order valence-corrected chi connectivity index (χ3v) is 20.5. The predicted molar refractivity (Wildman–Crippen MR) is 495 cm³/mol. The van der Waals surface area contributed by atoms with Crippen molar-refractivity contribution >= 4 is 190 Å². The maximum atomic E-state index is 13.0. The number of hydrogen-bond donors (Lipinski definition) is 10. The van der Waals surface area contributed by atoms with Crippen LogP contribution in [0.15, 0.2) is 170 Å². The predicted octanol–water partition coefficient (Wildman–Crippen LogP) is 22.4. The highest BCUT2D eigenvalue weighted by Crippen LogP contribution is 2.39. The van der Waals surface area contributed by atoms with E-state index in [0.717, 1.165) is 83.3 Å². The lowest BCUT2D eigenvalue weighted by Gasteiger charge is -2.18. The van der Waals surface area contributed by atoms with Crippen LogP contribution in [0.1, 0.15) is 146 Å². The number of amides is 6. The minimum Gasteiger partial charge on any atom is -0.398 e. The van der Waals surface area contributed by atoms with E-state index in [2.05, 4.69) is 82.2 Å². The van der Waals surface area contributed by atoms with Crippen LogP contribution in [-0.4, -0.2) is 104 Å². The molecule has 5 heterocycles. The van der Waals surface area contributed by atoms with Crippen LogP contribution in [0.2, 0.25) is 31.4 Å². The molecule has 135 heavy (non-hydrogen) atoms. The number of nitrogen functional groups attached to an aromatic ring is 1. The molecule has 708 valence electrons. The number of anilines is 10. The molecule has 0 atom stereocenters. The minimum atomic E-state index is -4.57. The summed E-state index contributed by atoms with van der Waals surface area (Å²) in [6.07, 6.45) is -13.0. The highest BCUT2D eigenvalue weighted by molar-refractivity contribution is 6.68. The van der Waals surface area contributed by atoms with Crippen LogP contribution < -0.4 is 59.5 Å². The topological polar surface area (TPSA) is 406 Å². The Morgan fingerprint density at radius 2 is 0.704 bits per heavy atom. The number of rotatable bonds is 16. The molecule has 8 aromatic carbocycles. The normalized spacial score (nSPS) is 11.1. The van der Waals surface area contributed by atoms with Gasteiger partial charge in [-0.1, -0.05) is 78.7 Å². The summed E-state index contributed by atoms with van der Waals surface area (Å²) >= 11 is 39.2. The number of aryl methyl sites for hydroxylation is 5. The molecule has 0 saturated heterocycles. The lowest BCUT2D eigenvalue weighted by atomic mass is 10.1. The Kier molecular flexibility index (Phi) is 36.4. The summed E-state index contributed by atoms with van der Waals surface area (Å²) < 4.78 is 156. The van der Waals surface area contributed by atoms with E-state index < -0.39 is 87.6 Å². The molecule has 5 aromatic heterocycles. The molecule has 28 nitrogen and oxygen atoms in total. The molecular formula is C88H76Cl7F12N21O7. The molecule has 0 spiro atoms. The summed E-state index contributed by atoms with van der Waals surface area (Å²) in [7, 11) is 3.21. The summed E-state index contributed by atoms with van der Waals surface area (Å²) in [6.45, 7) is 16.7. The Morgan fingerprint density at radius 3 is 1.05 bits per heavy atom. The smallest absolute Gasteiger partial charge is 0.398 e. The van der Waals surface area contributed by atoms with Crippen LogP contribution >= 0.6 is 81.2 Å². The van der Waals surface area contributed by atoms with Gasteiger partial charge in [0.2, 0.25) is 21.1 Å². The van der Waals surface area contributed by atoms with Gasteiger partial charge in [-0.3, -0.25) is 38.6 Å². The molecule has 0 aliphatic carbocycles. The number of nitrogens with one attached hydrogen (secondary N) is 7. The number of carbonyl (C=O) groups excluding carboxylic acids is 7. The average molecular weight is 2020 g/mol. The lowest BCUT2D eigenvalue weighted by molar-refractivity contribution is -0.138. The quantitative estimate of drug-likeness (QED) is 0.00817. The highest BCUT2D eigenvalue weighted by atomic mass is 35.5. The van der Waals surface area contributed by atoms with Gasteiger partial charge in [-0.25, -0.2) is 40.4 Å². The first-order valence-corrected chi connectivity index (χ1v) is 41.4. The summed E-state index contributed by atoms with van der Waals surface area (Å²) in [6, 6.07) is 30.1. The molecule has 0 aliphatic rings. The SMILES string of the molecule is CCN.Cc1ccc(NC(=O)c2cccc(C(F)(F)F)c2)c(C)c1N.Cc1ccc(NC(=O)c2cccc(C(F)(F)F)c2)c(C)c1NC(=O)c1cnc(Cl)nc1Cl.Cc1ccc(NC(=O)c2cccc(C(F)(F)F)c2)c(C)c1NC(=O)c1cnc(Cl)nc1N(C)N.Cc1ccc(NC(=O)c2cccc(C(F)(F)F)c2)c(C)c1Nc1nn(C)c2nc(Cl)ncc12.O=C(Cl)c1cnc(Cl)nc1Cl. The highest BCUT2D eigenvalue weighted by Gasteiger charge is 2.35. The number of halogens is 19. The van der Waals surface area contributed by atoms with Crippen LogP contribution in [0.25, 0.3) is 11.0 Å². The molecule has 47 heteroatoms. The molecule has 6 amide bonds. The van der Waals surface area contributed by atoms with Crippen molar-refractivity contribution in [1.29, 1.82) is 0 Å². The van der Waals surface area contributed by atoms with Gasteiger partial charge in [0.25, 0.3) is 40.7 Å². The van der Waals surface area contributed by atoms with E-state index in [9.17, 15) is 86.2 Å². The first-order chi connectivity index (χ1) is 63.1. The minimum absolute atomic E-state index is 0.00623. The Morgan fingerprint density at radius 1 is 0.400 bits per heavy atom. The Balaban J connectivity index is 0.000000213. The molecular weight excluding hydrogens is 1940 g/mol. The van der Waals surface area contributed by atoms with Crippen LogP contribution in [0, 0.1) is 55.4 Å². The largest absolute Gasteiger partial charge is 0.416 e. The number of benzene rings is 8.